The van der Waals surface area contributed by atoms with E-state index in [-0.39, 0.29) is 30.3 Å². The fourth-order valence-electron chi connectivity index (χ4n) is 2.78. The van der Waals surface area contributed by atoms with Crippen LogP contribution in [0.15, 0.2) is 29.2 Å². The van der Waals surface area contributed by atoms with E-state index in [0.717, 1.165) is 0 Å². The minimum absolute atomic E-state index is 0.0196. The first-order chi connectivity index (χ1) is 11.3. The van der Waals surface area contributed by atoms with E-state index in [1.807, 2.05) is 0 Å². The zero-order valence-electron chi connectivity index (χ0n) is 13.9. The lowest BCUT2D eigenvalue weighted by molar-refractivity contribution is 0.178. The topological polar surface area (TPSA) is 92.8 Å². The Kier molecular flexibility index (Phi) is 6.38. The lowest BCUT2D eigenvalue weighted by atomic mass is 10.0. The zero-order valence-corrected chi connectivity index (χ0v) is 15.6. The van der Waals surface area contributed by atoms with Gasteiger partial charge in [-0.3, -0.25) is 0 Å². The van der Waals surface area contributed by atoms with E-state index in [4.69, 9.17) is 4.74 Å². The van der Waals surface area contributed by atoms with Crippen molar-refractivity contribution in [2.24, 2.45) is 0 Å². The van der Waals surface area contributed by atoms with Crippen molar-refractivity contribution in [2.75, 3.05) is 32.6 Å². The number of hydrogen-bond acceptors (Lipinski definition) is 5. The molecule has 24 heavy (non-hydrogen) atoms. The molecule has 1 atom stereocenters. The summed E-state index contributed by atoms with van der Waals surface area (Å²) in [6.07, 6.45) is 0.880. The van der Waals surface area contributed by atoms with Crippen LogP contribution >= 0.6 is 0 Å². The molecule has 0 saturated carbocycles. The molecule has 1 aliphatic heterocycles. The van der Waals surface area contributed by atoms with Crippen LogP contribution in [-0.2, 0) is 24.8 Å². The van der Waals surface area contributed by atoms with Crippen LogP contribution in [0, 0.1) is 0 Å². The number of fused-ring (bicyclic) bond motifs is 1. The zero-order chi connectivity index (χ0) is 17.8. The largest absolute Gasteiger partial charge is 0.383 e. The van der Waals surface area contributed by atoms with Gasteiger partial charge in [0.05, 0.1) is 17.3 Å². The fourth-order valence-corrected chi connectivity index (χ4v) is 5.81. The Bertz CT molecular complexity index is 762. The van der Waals surface area contributed by atoms with Gasteiger partial charge in [-0.25, -0.2) is 21.6 Å². The van der Waals surface area contributed by atoms with Gasteiger partial charge in [-0.1, -0.05) is 25.1 Å². The van der Waals surface area contributed by atoms with Crippen LogP contribution in [0.1, 0.15) is 31.4 Å². The predicted molar refractivity (Wildman–Crippen MR) is 91.6 cm³/mol. The Labute approximate surface area is 144 Å². The highest BCUT2D eigenvalue weighted by Gasteiger charge is 2.34. The molecule has 0 spiro atoms. The van der Waals surface area contributed by atoms with Gasteiger partial charge in [0.2, 0.25) is 20.0 Å². The highest BCUT2D eigenvalue weighted by molar-refractivity contribution is 7.89. The van der Waals surface area contributed by atoms with Crippen LogP contribution in [0.2, 0.25) is 0 Å². The quantitative estimate of drug-likeness (QED) is 0.769. The third-order valence-corrected chi connectivity index (χ3v) is 7.48. The number of rotatable bonds is 7. The lowest BCUT2D eigenvalue weighted by Crippen LogP contribution is -2.34. The summed E-state index contributed by atoms with van der Waals surface area (Å²) in [6, 6.07) is 6.01. The van der Waals surface area contributed by atoms with Gasteiger partial charge in [-0.2, -0.15) is 4.31 Å². The Morgan fingerprint density at radius 3 is 2.71 bits per heavy atom. The van der Waals surface area contributed by atoms with Gasteiger partial charge in [0.25, 0.3) is 0 Å². The summed E-state index contributed by atoms with van der Waals surface area (Å²) in [5.41, 5.74) is 0.497. The molecule has 0 amide bonds. The smallest absolute Gasteiger partial charge is 0.243 e. The van der Waals surface area contributed by atoms with Crippen LogP contribution in [0.3, 0.4) is 0 Å². The molecular weight excluding hydrogens is 352 g/mol. The van der Waals surface area contributed by atoms with Crippen molar-refractivity contribution in [3.63, 3.8) is 0 Å². The van der Waals surface area contributed by atoms with Gasteiger partial charge >= 0.3 is 0 Å². The minimum atomic E-state index is -3.67. The van der Waals surface area contributed by atoms with Crippen LogP contribution < -0.4 is 4.72 Å². The summed E-state index contributed by atoms with van der Waals surface area (Å²) in [7, 11) is -5.61. The van der Waals surface area contributed by atoms with E-state index in [0.29, 0.717) is 18.4 Å². The normalized spacial score (nSPS) is 21.2. The Morgan fingerprint density at radius 2 is 2.04 bits per heavy atom. The molecule has 0 saturated heterocycles. The number of sulfonamides is 2. The molecule has 1 aliphatic rings. The third-order valence-electron chi connectivity index (χ3n) is 3.92. The molecule has 0 unspecified atom stereocenters. The monoisotopic (exact) mass is 376 g/mol. The number of nitrogens with one attached hydrogen (secondary N) is 1. The van der Waals surface area contributed by atoms with E-state index in [2.05, 4.69) is 4.72 Å². The second-order valence-electron chi connectivity index (χ2n) is 5.71. The summed E-state index contributed by atoms with van der Waals surface area (Å²) < 4.78 is 59.0. The van der Waals surface area contributed by atoms with Gasteiger partial charge in [-0.05, 0) is 24.5 Å². The first-order valence-corrected chi connectivity index (χ1v) is 11.0. The second kappa shape index (κ2) is 7.92. The average molecular weight is 377 g/mol. The number of benzene rings is 1. The van der Waals surface area contributed by atoms with Gasteiger partial charge in [0, 0.05) is 26.2 Å². The molecular formula is C15H24N2O5S2. The van der Waals surface area contributed by atoms with Crippen LogP contribution in [-0.4, -0.2) is 53.7 Å². The number of nitrogens with zero attached hydrogens (tertiary/aromatic N) is 1. The highest BCUT2D eigenvalue weighted by Crippen LogP contribution is 2.32. The molecule has 136 valence electrons. The summed E-state index contributed by atoms with van der Waals surface area (Å²) in [5, 5.41) is 0. The van der Waals surface area contributed by atoms with Crippen molar-refractivity contribution in [3.8, 4) is 0 Å². The maximum absolute atomic E-state index is 12.9. The average Bonchev–Trinajstić information content (AvgIpc) is 2.62. The number of hydrogen-bond donors (Lipinski definition) is 1. The molecule has 0 radical (unpaired) electrons. The van der Waals surface area contributed by atoms with Crippen molar-refractivity contribution in [1.82, 2.24) is 9.03 Å². The van der Waals surface area contributed by atoms with E-state index >= 15 is 0 Å². The molecule has 0 bridgehead atoms. The maximum atomic E-state index is 12.9. The van der Waals surface area contributed by atoms with Crippen molar-refractivity contribution >= 4 is 20.0 Å². The number of ether oxygens (including phenoxy) is 1. The van der Waals surface area contributed by atoms with E-state index in [9.17, 15) is 16.8 Å². The van der Waals surface area contributed by atoms with Gasteiger partial charge in [-0.15, -0.1) is 0 Å². The standard InChI is InChI=1S/C15H24N2O5S2/c1-3-12-23(18,19)16-14-8-9-17(10-11-22-2)24(20,21)15-7-5-4-6-13(14)15/h4-7,14,16H,3,8-12H2,1-2H3/t14-/m0/s1. The van der Waals surface area contributed by atoms with Gasteiger partial charge in [0.1, 0.15) is 0 Å². The SMILES string of the molecule is CCCS(=O)(=O)N[C@H]1CCN(CCOC)S(=O)(=O)c2ccccc21. The Morgan fingerprint density at radius 1 is 1.33 bits per heavy atom. The van der Waals surface area contributed by atoms with Crippen LogP contribution in [0.4, 0.5) is 0 Å². The van der Waals surface area contributed by atoms with Crippen LogP contribution in [0.5, 0.6) is 0 Å². The molecule has 0 aromatic heterocycles. The summed E-state index contributed by atoms with van der Waals surface area (Å²) in [6.45, 7) is 2.55. The molecule has 0 fully saturated rings. The van der Waals surface area contributed by atoms with Crippen LogP contribution in [0.25, 0.3) is 0 Å². The first-order valence-electron chi connectivity index (χ1n) is 7.90. The first kappa shape index (κ1) is 19.3. The molecule has 7 nitrogen and oxygen atoms in total. The predicted octanol–water partition coefficient (Wildman–Crippen LogP) is 1.10. The molecule has 1 heterocycles. The van der Waals surface area contributed by atoms with Crippen molar-refractivity contribution < 1.29 is 21.6 Å². The highest BCUT2D eigenvalue weighted by atomic mass is 32.2. The van der Waals surface area contributed by atoms with Crippen molar-refractivity contribution in [3.05, 3.63) is 29.8 Å². The fraction of sp³-hybridized carbons (Fsp3) is 0.600. The second-order valence-corrected chi connectivity index (χ2v) is 9.49. The van der Waals surface area contributed by atoms with Gasteiger partial charge < -0.3 is 4.74 Å². The summed E-state index contributed by atoms with van der Waals surface area (Å²) in [4.78, 5) is 0.155. The number of methoxy groups -OCH3 is 1. The molecule has 1 N–H and O–H groups in total. The van der Waals surface area contributed by atoms with E-state index in [1.165, 1.54) is 17.5 Å². The minimum Gasteiger partial charge on any atom is -0.383 e. The molecule has 1 aromatic rings. The lowest BCUT2D eigenvalue weighted by Gasteiger charge is -2.19. The molecule has 0 aliphatic carbocycles. The molecule has 9 heteroatoms. The van der Waals surface area contributed by atoms with E-state index in [1.54, 1.807) is 25.1 Å². The van der Waals surface area contributed by atoms with Crippen molar-refractivity contribution in [2.45, 2.75) is 30.7 Å². The molecule has 2 rings (SSSR count). The maximum Gasteiger partial charge on any atom is 0.243 e. The Balaban J connectivity index is 2.41. The Hall–Kier alpha value is -1.00. The van der Waals surface area contributed by atoms with E-state index < -0.39 is 26.1 Å². The van der Waals surface area contributed by atoms with Gasteiger partial charge in [0.15, 0.2) is 0 Å². The summed E-state index contributed by atoms with van der Waals surface area (Å²) >= 11 is 0. The summed E-state index contributed by atoms with van der Waals surface area (Å²) in [5.74, 6) is 0.0196. The van der Waals surface area contributed by atoms with Crippen molar-refractivity contribution in [1.29, 1.82) is 0 Å². The third kappa shape index (κ3) is 4.34. The molecule has 1 aromatic carbocycles.